The molecule has 1 amide bonds. The van der Waals surface area contributed by atoms with Gasteiger partial charge in [0, 0.05) is 18.7 Å². The van der Waals surface area contributed by atoms with Crippen LogP contribution in [0.15, 0.2) is 24.3 Å². The maximum Gasteiger partial charge on any atom is 0.303 e. The number of aliphatic carboxylic acids is 1. The van der Waals surface area contributed by atoms with Crippen LogP contribution >= 0.6 is 0 Å². The Hall–Kier alpha value is -1.88. The fourth-order valence-corrected chi connectivity index (χ4v) is 3.53. The van der Waals surface area contributed by atoms with Crippen molar-refractivity contribution in [1.82, 2.24) is 4.90 Å². The highest BCUT2D eigenvalue weighted by Gasteiger charge is 2.28. The van der Waals surface area contributed by atoms with E-state index < -0.39 is 5.97 Å². The zero-order chi connectivity index (χ0) is 18.4. The molecule has 0 aromatic heterocycles. The molecule has 1 aromatic carbocycles. The van der Waals surface area contributed by atoms with Crippen LogP contribution in [-0.4, -0.2) is 41.0 Å². The second-order valence-corrected chi connectivity index (χ2v) is 7.34. The Morgan fingerprint density at radius 1 is 1.28 bits per heavy atom. The highest BCUT2D eigenvalue weighted by atomic mass is 16.4. The van der Waals surface area contributed by atoms with Gasteiger partial charge >= 0.3 is 5.97 Å². The zero-order valence-electron chi connectivity index (χ0n) is 15.5. The first-order chi connectivity index (χ1) is 11.9. The first-order valence-corrected chi connectivity index (χ1v) is 9.24. The normalized spacial score (nSPS) is 19.6. The predicted molar refractivity (Wildman–Crippen MR) is 99.8 cm³/mol. The van der Waals surface area contributed by atoms with Gasteiger partial charge in [-0.3, -0.25) is 14.5 Å². The maximum atomic E-state index is 12.7. The van der Waals surface area contributed by atoms with Crippen molar-refractivity contribution < 1.29 is 14.7 Å². The molecule has 2 N–H and O–H groups in total. The first kappa shape index (κ1) is 19.4. The van der Waals surface area contributed by atoms with Crippen LogP contribution in [0.2, 0.25) is 0 Å². The SMILES string of the molecule is CC(C)c1ccccc1NC(=O)C(C)N1CCCC(CCC(=O)O)C1. The number of hydrogen-bond donors (Lipinski definition) is 2. The van der Waals surface area contributed by atoms with E-state index in [1.54, 1.807) is 0 Å². The third-order valence-corrected chi connectivity index (χ3v) is 5.08. The van der Waals surface area contributed by atoms with Gasteiger partial charge in [0.2, 0.25) is 5.91 Å². The number of carboxylic acid groups (broad SMARTS) is 1. The maximum absolute atomic E-state index is 12.7. The van der Waals surface area contributed by atoms with Crippen LogP contribution in [0.5, 0.6) is 0 Å². The molecule has 1 aliphatic rings. The number of piperidine rings is 1. The second-order valence-electron chi connectivity index (χ2n) is 7.34. The number of amides is 1. The number of nitrogens with one attached hydrogen (secondary N) is 1. The molecule has 1 aliphatic heterocycles. The molecule has 0 aliphatic carbocycles. The summed E-state index contributed by atoms with van der Waals surface area (Å²) in [6.45, 7) is 7.86. The molecule has 2 atom stereocenters. The zero-order valence-corrected chi connectivity index (χ0v) is 15.5. The number of nitrogens with zero attached hydrogens (tertiary/aromatic N) is 1. The molecule has 0 saturated carbocycles. The van der Waals surface area contributed by atoms with Crippen molar-refractivity contribution in [3.05, 3.63) is 29.8 Å². The standard InChI is InChI=1S/C20H30N2O3/c1-14(2)17-8-4-5-9-18(17)21-20(25)15(3)22-12-6-7-16(13-22)10-11-19(23)24/h4-5,8-9,14-16H,6-7,10-13H2,1-3H3,(H,21,25)(H,23,24). The number of benzene rings is 1. The number of likely N-dealkylation sites (tertiary alicyclic amines) is 1. The van der Waals surface area contributed by atoms with Crippen molar-refractivity contribution >= 4 is 17.6 Å². The largest absolute Gasteiger partial charge is 0.481 e. The van der Waals surface area contributed by atoms with E-state index in [9.17, 15) is 9.59 Å². The molecule has 2 rings (SSSR count). The monoisotopic (exact) mass is 346 g/mol. The molecule has 0 spiro atoms. The molecule has 5 nitrogen and oxygen atoms in total. The van der Waals surface area contributed by atoms with Gasteiger partial charge in [0.25, 0.3) is 0 Å². The first-order valence-electron chi connectivity index (χ1n) is 9.24. The molecule has 1 heterocycles. The molecule has 0 bridgehead atoms. The average molecular weight is 346 g/mol. The number of carbonyl (C=O) groups excluding carboxylic acids is 1. The van der Waals surface area contributed by atoms with Crippen molar-refractivity contribution in [3.8, 4) is 0 Å². The van der Waals surface area contributed by atoms with Gasteiger partial charge in [0.1, 0.15) is 0 Å². The van der Waals surface area contributed by atoms with Crippen LogP contribution < -0.4 is 5.32 Å². The highest BCUT2D eigenvalue weighted by Crippen LogP contribution is 2.25. The average Bonchev–Trinajstić information content (AvgIpc) is 2.59. The van der Waals surface area contributed by atoms with Gasteiger partial charge < -0.3 is 10.4 Å². The minimum absolute atomic E-state index is 0.00647. The summed E-state index contributed by atoms with van der Waals surface area (Å²) in [5, 5.41) is 11.9. The number of hydrogen-bond acceptors (Lipinski definition) is 3. The molecule has 1 saturated heterocycles. The molecule has 25 heavy (non-hydrogen) atoms. The molecule has 1 fully saturated rings. The summed E-state index contributed by atoms with van der Waals surface area (Å²) in [7, 11) is 0. The van der Waals surface area contributed by atoms with E-state index in [1.807, 2.05) is 31.2 Å². The van der Waals surface area contributed by atoms with E-state index in [0.29, 0.717) is 18.3 Å². The number of carboxylic acids is 1. The Kier molecular flexibility index (Phi) is 7.00. The van der Waals surface area contributed by atoms with Crippen LogP contribution in [-0.2, 0) is 9.59 Å². The summed E-state index contributed by atoms with van der Waals surface area (Å²) in [5.74, 6) is -0.0227. The Balaban J connectivity index is 1.96. The summed E-state index contributed by atoms with van der Waals surface area (Å²) in [5.41, 5.74) is 2.02. The van der Waals surface area contributed by atoms with Gasteiger partial charge in [0.15, 0.2) is 0 Å². The molecular formula is C20H30N2O3. The quantitative estimate of drug-likeness (QED) is 0.789. The van der Waals surface area contributed by atoms with E-state index in [2.05, 4.69) is 24.1 Å². The molecule has 2 unspecified atom stereocenters. The Labute approximate surface area is 150 Å². The van der Waals surface area contributed by atoms with Crippen molar-refractivity contribution in [2.24, 2.45) is 5.92 Å². The Morgan fingerprint density at radius 2 is 2.00 bits per heavy atom. The number of anilines is 1. The fraction of sp³-hybridized carbons (Fsp3) is 0.600. The van der Waals surface area contributed by atoms with Crippen LogP contribution in [0.1, 0.15) is 57.9 Å². The van der Waals surface area contributed by atoms with Crippen molar-refractivity contribution in [3.63, 3.8) is 0 Å². The predicted octanol–water partition coefficient (Wildman–Crippen LogP) is 3.71. The summed E-state index contributed by atoms with van der Waals surface area (Å²) in [4.78, 5) is 25.7. The van der Waals surface area contributed by atoms with Gasteiger partial charge in [-0.05, 0) is 56.2 Å². The minimum Gasteiger partial charge on any atom is -0.481 e. The van der Waals surface area contributed by atoms with E-state index in [4.69, 9.17) is 5.11 Å². The lowest BCUT2D eigenvalue weighted by atomic mass is 9.92. The van der Waals surface area contributed by atoms with E-state index in [0.717, 1.165) is 37.2 Å². The summed E-state index contributed by atoms with van der Waals surface area (Å²) < 4.78 is 0. The third-order valence-electron chi connectivity index (χ3n) is 5.08. The summed E-state index contributed by atoms with van der Waals surface area (Å²) >= 11 is 0. The molecular weight excluding hydrogens is 316 g/mol. The fourth-order valence-electron chi connectivity index (χ4n) is 3.53. The molecule has 5 heteroatoms. The topological polar surface area (TPSA) is 69.6 Å². The van der Waals surface area contributed by atoms with Gasteiger partial charge in [-0.1, -0.05) is 32.0 Å². The van der Waals surface area contributed by atoms with Gasteiger partial charge in [-0.15, -0.1) is 0 Å². The van der Waals surface area contributed by atoms with E-state index in [1.165, 1.54) is 0 Å². The number of rotatable bonds is 7. The van der Waals surface area contributed by atoms with Crippen LogP contribution in [0.25, 0.3) is 0 Å². The van der Waals surface area contributed by atoms with Gasteiger partial charge in [-0.25, -0.2) is 0 Å². The van der Waals surface area contributed by atoms with E-state index >= 15 is 0 Å². The molecule has 0 radical (unpaired) electrons. The molecule has 1 aromatic rings. The van der Waals surface area contributed by atoms with Crippen molar-refractivity contribution in [1.29, 1.82) is 0 Å². The highest BCUT2D eigenvalue weighted by molar-refractivity contribution is 5.95. The van der Waals surface area contributed by atoms with Crippen LogP contribution in [0.3, 0.4) is 0 Å². The molecule has 138 valence electrons. The lowest BCUT2D eigenvalue weighted by molar-refractivity contribution is -0.137. The van der Waals surface area contributed by atoms with Crippen LogP contribution in [0, 0.1) is 5.92 Å². The van der Waals surface area contributed by atoms with Gasteiger partial charge in [-0.2, -0.15) is 0 Å². The summed E-state index contributed by atoms with van der Waals surface area (Å²) in [6.07, 6.45) is 2.97. The van der Waals surface area contributed by atoms with Crippen molar-refractivity contribution in [2.45, 2.75) is 58.4 Å². The van der Waals surface area contributed by atoms with Crippen molar-refractivity contribution in [2.75, 3.05) is 18.4 Å². The van der Waals surface area contributed by atoms with Gasteiger partial charge in [0.05, 0.1) is 6.04 Å². The smallest absolute Gasteiger partial charge is 0.303 e. The lowest BCUT2D eigenvalue weighted by Crippen LogP contribution is -2.47. The van der Waals surface area contributed by atoms with E-state index in [-0.39, 0.29) is 18.4 Å². The lowest BCUT2D eigenvalue weighted by Gasteiger charge is -2.36. The minimum atomic E-state index is -0.742. The third kappa shape index (κ3) is 5.56. The summed E-state index contributed by atoms with van der Waals surface area (Å²) in [6, 6.07) is 7.72. The number of carbonyl (C=O) groups is 2. The van der Waals surface area contributed by atoms with Crippen LogP contribution in [0.4, 0.5) is 5.69 Å². The second kappa shape index (κ2) is 8.99. The Bertz CT molecular complexity index is 600. The Morgan fingerprint density at radius 3 is 2.68 bits per heavy atom. The number of para-hydroxylation sites is 1.